The molecule has 0 bridgehead atoms. The summed E-state index contributed by atoms with van der Waals surface area (Å²) >= 11 is 0. The fraction of sp³-hybridized carbons (Fsp3) is 0. The van der Waals surface area contributed by atoms with Crippen molar-refractivity contribution in [1.82, 2.24) is 15.0 Å². The van der Waals surface area contributed by atoms with Crippen molar-refractivity contribution >= 4 is 32.3 Å². The number of nitrogens with zero attached hydrogens (tertiary/aromatic N) is 3. The number of fused-ring (bicyclic) bond motifs is 3. The molecule has 3 heteroatoms. The van der Waals surface area contributed by atoms with Gasteiger partial charge in [0.1, 0.15) is 0 Å². The van der Waals surface area contributed by atoms with Crippen LogP contribution in [0.2, 0.25) is 0 Å². The fourth-order valence-corrected chi connectivity index (χ4v) is 7.46. The van der Waals surface area contributed by atoms with Crippen molar-refractivity contribution in [1.29, 1.82) is 0 Å². The van der Waals surface area contributed by atoms with Gasteiger partial charge in [0.15, 0.2) is 17.5 Å². The fourth-order valence-electron chi connectivity index (χ4n) is 7.46. The predicted molar refractivity (Wildman–Crippen MR) is 225 cm³/mol. The second-order valence-corrected chi connectivity index (χ2v) is 13.7. The molecular weight excluding hydrogens is 655 g/mol. The largest absolute Gasteiger partial charge is 0.208 e. The monoisotopic (exact) mass is 687 g/mol. The van der Waals surface area contributed by atoms with Crippen molar-refractivity contribution in [3.05, 3.63) is 200 Å². The Bertz CT molecular complexity index is 2840. The molecule has 10 aromatic rings. The molecule has 1 heterocycles. The lowest BCUT2D eigenvalue weighted by Crippen LogP contribution is -2.00. The van der Waals surface area contributed by atoms with Crippen LogP contribution in [0.3, 0.4) is 0 Å². The first-order valence-electron chi connectivity index (χ1n) is 18.3. The molecule has 0 spiro atoms. The van der Waals surface area contributed by atoms with Gasteiger partial charge in [0.05, 0.1) is 0 Å². The van der Waals surface area contributed by atoms with E-state index < -0.39 is 0 Å². The topological polar surface area (TPSA) is 38.7 Å². The highest BCUT2D eigenvalue weighted by Gasteiger charge is 2.15. The third kappa shape index (κ3) is 5.98. The van der Waals surface area contributed by atoms with Crippen LogP contribution in [-0.2, 0) is 0 Å². The summed E-state index contributed by atoms with van der Waals surface area (Å²) in [5.41, 5.74) is 9.91. The number of rotatable bonds is 6. The third-order valence-electron chi connectivity index (χ3n) is 10.3. The highest BCUT2D eigenvalue weighted by atomic mass is 15.0. The molecular formula is C51H33N3. The van der Waals surface area contributed by atoms with Gasteiger partial charge in [0, 0.05) is 16.7 Å². The molecule has 10 rings (SSSR count). The van der Waals surface area contributed by atoms with Gasteiger partial charge in [0.2, 0.25) is 0 Å². The van der Waals surface area contributed by atoms with Crippen LogP contribution in [0.4, 0.5) is 0 Å². The molecule has 9 aromatic carbocycles. The average molecular weight is 688 g/mol. The van der Waals surface area contributed by atoms with Crippen LogP contribution in [0.25, 0.3) is 99.9 Å². The summed E-state index contributed by atoms with van der Waals surface area (Å²) in [5, 5.41) is 7.03. The zero-order valence-corrected chi connectivity index (χ0v) is 29.4. The highest BCUT2D eigenvalue weighted by molar-refractivity contribution is 5.97. The van der Waals surface area contributed by atoms with E-state index in [1.165, 1.54) is 49.4 Å². The van der Waals surface area contributed by atoms with E-state index in [9.17, 15) is 0 Å². The second-order valence-electron chi connectivity index (χ2n) is 13.7. The van der Waals surface area contributed by atoms with Crippen LogP contribution >= 0.6 is 0 Å². The summed E-state index contributed by atoms with van der Waals surface area (Å²) in [6.45, 7) is 0. The minimum atomic E-state index is 0.635. The molecule has 0 fully saturated rings. The van der Waals surface area contributed by atoms with Crippen molar-refractivity contribution in [3.63, 3.8) is 0 Å². The van der Waals surface area contributed by atoms with Gasteiger partial charge >= 0.3 is 0 Å². The molecule has 252 valence electrons. The van der Waals surface area contributed by atoms with Crippen molar-refractivity contribution in [2.75, 3.05) is 0 Å². The van der Waals surface area contributed by atoms with E-state index >= 15 is 0 Å². The molecule has 0 saturated carbocycles. The van der Waals surface area contributed by atoms with Gasteiger partial charge in [-0.2, -0.15) is 0 Å². The number of benzene rings is 9. The molecule has 0 amide bonds. The molecule has 0 aliphatic heterocycles. The number of hydrogen-bond acceptors (Lipinski definition) is 3. The zero-order chi connectivity index (χ0) is 35.8. The first-order chi connectivity index (χ1) is 26.7. The molecule has 0 N–H and O–H groups in total. The van der Waals surface area contributed by atoms with Crippen molar-refractivity contribution in [2.45, 2.75) is 0 Å². The van der Waals surface area contributed by atoms with Gasteiger partial charge < -0.3 is 0 Å². The Balaban J connectivity index is 1.10. The summed E-state index contributed by atoms with van der Waals surface area (Å²) in [4.78, 5) is 15.5. The lowest BCUT2D eigenvalue weighted by atomic mass is 9.97. The molecule has 0 aliphatic rings. The maximum Gasteiger partial charge on any atom is 0.164 e. The van der Waals surface area contributed by atoms with Gasteiger partial charge in [-0.15, -0.1) is 0 Å². The SMILES string of the molecule is c1ccc(-c2ccc3cc(-c4nc(-c5cccc(-c6cccc7ccccc67)c5)nc(-c5ccc6cc(-c7ccccc7)ccc6c5)n4)ccc3c2)cc1. The van der Waals surface area contributed by atoms with E-state index in [1.807, 2.05) is 12.1 Å². The Labute approximate surface area is 313 Å². The predicted octanol–water partition coefficient (Wildman–Crippen LogP) is 13.3. The maximum absolute atomic E-state index is 5.15. The molecule has 54 heavy (non-hydrogen) atoms. The van der Waals surface area contributed by atoms with Crippen LogP contribution in [0.5, 0.6) is 0 Å². The summed E-state index contributed by atoms with van der Waals surface area (Å²) < 4.78 is 0. The van der Waals surface area contributed by atoms with Crippen molar-refractivity contribution in [2.24, 2.45) is 0 Å². The van der Waals surface area contributed by atoms with E-state index in [4.69, 9.17) is 15.0 Å². The third-order valence-corrected chi connectivity index (χ3v) is 10.3. The lowest BCUT2D eigenvalue weighted by molar-refractivity contribution is 1.08. The Morgan fingerprint density at radius 1 is 0.222 bits per heavy atom. The van der Waals surface area contributed by atoms with Crippen LogP contribution in [-0.4, -0.2) is 15.0 Å². The van der Waals surface area contributed by atoms with Crippen molar-refractivity contribution < 1.29 is 0 Å². The van der Waals surface area contributed by atoms with E-state index in [0.29, 0.717) is 17.5 Å². The first-order valence-corrected chi connectivity index (χ1v) is 18.3. The molecule has 3 nitrogen and oxygen atoms in total. The van der Waals surface area contributed by atoms with E-state index in [1.54, 1.807) is 0 Å². The van der Waals surface area contributed by atoms with E-state index in [0.717, 1.165) is 33.0 Å². The Morgan fingerprint density at radius 2 is 0.611 bits per heavy atom. The minimum absolute atomic E-state index is 0.635. The summed E-state index contributed by atoms with van der Waals surface area (Å²) in [5.74, 6) is 1.91. The Kier molecular flexibility index (Phi) is 7.81. The molecule has 0 atom stereocenters. The summed E-state index contributed by atoms with van der Waals surface area (Å²) in [7, 11) is 0. The first kappa shape index (κ1) is 31.5. The summed E-state index contributed by atoms with van der Waals surface area (Å²) in [6.07, 6.45) is 0. The maximum atomic E-state index is 5.15. The minimum Gasteiger partial charge on any atom is -0.208 e. The summed E-state index contributed by atoms with van der Waals surface area (Å²) in [6, 6.07) is 70.7. The second kappa shape index (κ2) is 13.4. The van der Waals surface area contributed by atoms with E-state index in [-0.39, 0.29) is 0 Å². The molecule has 0 unspecified atom stereocenters. The number of aromatic nitrogens is 3. The van der Waals surface area contributed by atoms with Crippen molar-refractivity contribution in [3.8, 4) is 67.5 Å². The molecule has 0 saturated heterocycles. The van der Waals surface area contributed by atoms with Crippen LogP contribution < -0.4 is 0 Å². The van der Waals surface area contributed by atoms with Crippen LogP contribution in [0.15, 0.2) is 200 Å². The standard InChI is InChI=1S/C51H33N3/c1-3-11-34(12-4-1)37-21-23-41-31-45(27-25-39(41)29-37)50-52-49(44-18-9-17-43(33-44)48-20-10-16-36-15-7-8-19-47(36)48)53-51(54-50)46-28-26-40-30-38(22-24-42(40)32-46)35-13-5-2-6-14-35/h1-33H. The smallest absolute Gasteiger partial charge is 0.164 e. The van der Waals surface area contributed by atoms with E-state index in [2.05, 4.69) is 188 Å². The normalized spacial score (nSPS) is 11.3. The van der Waals surface area contributed by atoms with Crippen LogP contribution in [0, 0.1) is 0 Å². The Hall–Kier alpha value is -7.23. The average Bonchev–Trinajstić information content (AvgIpc) is 3.26. The van der Waals surface area contributed by atoms with Gasteiger partial charge in [0.25, 0.3) is 0 Å². The zero-order valence-electron chi connectivity index (χ0n) is 29.4. The van der Waals surface area contributed by atoms with Gasteiger partial charge in [-0.1, -0.05) is 170 Å². The van der Waals surface area contributed by atoms with Crippen LogP contribution in [0.1, 0.15) is 0 Å². The van der Waals surface area contributed by atoms with Gasteiger partial charge in [-0.25, -0.2) is 15.0 Å². The quantitative estimate of drug-likeness (QED) is 0.175. The van der Waals surface area contributed by atoms with Gasteiger partial charge in [-0.05, 0) is 96.0 Å². The van der Waals surface area contributed by atoms with Gasteiger partial charge in [-0.3, -0.25) is 0 Å². The molecule has 0 radical (unpaired) electrons. The number of hydrogen-bond donors (Lipinski definition) is 0. The molecule has 0 aliphatic carbocycles. The highest BCUT2D eigenvalue weighted by Crippen LogP contribution is 2.34. The molecule has 1 aromatic heterocycles. The lowest BCUT2D eigenvalue weighted by Gasteiger charge is -2.12. The Morgan fingerprint density at radius 3 is 1.17 bits per heavy atom.